The Kier molecular flexibility index (Phi) is 5.52. The van der Waals surface area contributed by atoms with E-state index in [-0.39, 0.29) is 5.70 Å². The van der Waals surface area contributed by atoms with Crippen LogP contribution in [-0.2, 0) is 9.53 Å². The summed E-state index contributed by atoms with van der Waals surface area (Å²) in [5.74, 6) is 0.397. The molecule has 0 bridgehead atoms. The van der Waals surface area contributed by atoms with Crippen LogP contribution in [0.4, 0.5) is 0 Å². The Morgan fingerprint density at radius 3 is 2.45 bits per heavy atom. The van der Waals surface area contributed by atoms with E-state index < -0.39 is 17.5 Å². The molecule has 0 saturated carbocycles. The van der Waals surface area contributed by atoms with Crippen LogP contribution >= 0.6 is 0 Å². The number of benzene rings is 1. The first-order valence-electron chi connectivity index (χ1n) is 5.68. The Morgan fingerprint density at radius 2 is 1.95 bits per heavy atom. The number of rotatable bonds is 6. The molecule has 0 amide bonds. The van der Waals surface area contributed by atoms with Crippen molar-refractivity contribution in [3.05, 3.63) is 39.6 Å². The van der Waals surface area contributed by atoms with Gasteiger partial charge in [-0.15, -0.1) is 0 Å². The van der Waals surface area contributed by atoms with E-state index in [9.17, 15) is 14.9 Å². The van der Waals surface area contributed by atoms with Gasteiger partial charge in [-0.3, -0.25) is 14.9 Å². The summed E-state index contributed by atoms with van der Waals surface area (Å²) in [5, 5.41) is 10.9. The zero-order valence-electron chi connectivity index (χ0n) is 11.4. The summed E-state index contributed by atoms with van der Waals surface area (Å²) in [6.07, 6.45) is 1.31. The second-order valence-corrected chi connectivity index (χ2v) is 3.79. The molecule has 0 aliphatic heterocycles. The molecule has 7 heteroatoms. The van der Waals surface area contributed by atoms with Gasteiger partial charge in [-0.1, -0.05) is 6.07 Å². The van der Waals surface area contributed by atoms with Gasteiger partial charge in [-0.25, -0.2) is 0 Å². The molecule has 0 atom stereocenters. The number of methoxy groups -OCH3 is 2. The summed E-state index contributed by atoms with van der Waals surface area (Å²) < 4.78 is 14.8. The van der Waals surface area contributed by atoms with Crippen molar-refractivity contribution in [1.82, 2.24) is 0 Å². The van der Waals surface area contributed by atoms with E-state index in [0.717, 1.165) is 0 Å². The van der Waals surface area contributed by atoms with Gasteiger partial charge in [0.15, 0.2) is 18.1 Å². The molecule has 0 saturated heterocycles. The summed E-state index contributed by atoms with van der Waals surface area (Å²) in [6, 6.07) is 4.86. The van der Waals surface area contributed by atoms with Gasteiger partial charge >= 0.3 is 5.97 Å². The molecule has 0 fully saturated rings. The molecule has 1 rings (SSSR count). The SMILES string of the molecule is COc1ccc(/C=C(\COC(C)=O)[N+](=O)[O-])cc1OC. The number of hydrogen-bond donors (Lipinski definition) is 0. The van der Waals surface area contributed by atoms with Gasteiger partial charge in [0.25, 0.3) is 5.70 Å². The number of nitrogens with zero attached hydrogens (tertiary/aromatic N) is 1. The topological polar surface area (TPSA) is 87.9 Å². The third-order valence-electron chi connectivity index (χ3n) is 2.40. The number of hydrogen-bond acceptors (Lipinski definition) is 6. The quantitative estimate of drug-likeness (QED) is 0.449. The second-order valence-electron chi connectivity index (χ2n) is 3.79. The predicted molar refractivity (Wildman–Crippen MR) is 71.2 cm³/mol. The lowest BCUT2D eigenvalue weighted by atomic mass is 10.1. The smallest absolute Gasteiger partial charge is 0.303 e. The van der Waals surface area contributed by atoms with Crippen molar-refractivity contribution in [1.29, 1.82) is 0 Å². The molecular formula is C13H15NO6. The number of ether oxygens (including phenoxy) is 3. The first-order valence-corrected chi connectivity index (χ1v) is 5.68. The van der Waals surface area contributed by atoms with Crippen molar-refractivity contribution >= 4 is 12.0 Å². The van der Waals surface area contributed by atoms with Crippen molar-refractivity contribution in [2.24, 2.45) is 0 Å². The van der Waals surface area contributed by atoms with Crippen LogP contribution in [0.5, 0.6) is 11.5 Å². The fourth-order valence-corrected chi connectivity index (χ4v) is 1.46. The standard InChI is InChI=1S/C13H15NO6/c1-9(15)20-8-11(14(16)17)6-10-4-5-12(18-2)13(7-10)19-3/h4-7H,8H2,1-3H3/b11-6+. The minimum atomic E-state index is -0.598. The van der Waals surface area contributed by atoms with Crippen molar-refractivity contribution in [2.45, 2.75) is 6.92 Å². The molecule has 0 unspecified atom stereocenters. The van der Waals surface area contributed by atoms with Crippen molar-refractivity contribution in [3.63, 3.8) is 0 Å². The van der Waals surface area contributed by atoms with Crippen LogP contribution in [0, 0.1) is 10.1 Å². The van der Waals surface area contributed by atoms with Gasteiger partial charge in [0.1, 0.15) is 0 Å². The van der Waals surface area contributed by atoms with Crippen LogP contribution in [0.3, 0.4) is 0 Å². The molecule has 1 aromatic carbocycles. The normalized spacial score (nSPS) is 10.8. The lowest BCUT2D eigenvalue weighted by Crippen LogP contribution is -2.09. The highest BCUT2D eigenvalue weighted by Crippen LogP contribution is 2.28. The van der Waals surface area contributed by atoms with E-state index in [2.05, 4.69) is 4.74 Å². The Hall–Kier alpha value is -2.57. The second kappa shape index (κ2) is 7.13. The summed E-state index contributed by atoms with van der Waals surface area (Å²) in [7, 11) is 2.97. The molecule has 1 aromatic rings. The molecule has 20 heavy (non-hydrogen) atoms. The Balaban J connectivity index is 3.04. The number of carbonyl (C=O) groups excluding carboxylic acids is 1. The monoisotopic (exact) mass is 281 g/mol. The number of esters is 1. The first-order chi connectivity index (χ1) is 9.47. The van der Waals surface area contributed by atoms with Crippen LogP contribution in [-0.4, -0.2) is 31.7 Å². The van der Waals surface area contributed by atoms with E-state index in [1.54, 1.807) is 18.2 Å². The maximum Gasteiger partial charge on any atom is 0.303 e. The molecule has 7 nitrogen and oxygen atoms in total. The Bertz CT molecular complexity index is 538. The lowest BCUT2D eigenvalue weighted by Gasteiger charge is -2.07. The molecule has 0 N–H and O–H groups in total. The largest absolute Gasteiger partial charge is 0.493 e. The summed E-state index contributed by atoms with van der Waals surface area (Å²) in [4.78, 5) is 21.0. The predicted octanol–water partition coefficient (Wildman–Crippen LogP) is 1.88. The van der Waals surface area contributed by atoms with Crippen LogP contribution in [0.15, 0.2) is 23.9 Å². The maximum absolute atomic E-state index is 10.9. The number of nitro groups is 1. The molecule has 0 heterocycles. The van der Waals surface area contributed by atoms with Crippen LogP contribution in [0.2, 0.25) is 0 Å². The molecular weight excluding hydrogens is 266 g/mol. The zero-order chi connectivity index (χ0) is 15.1. The fraction of sp³-hybridized carbons (Fsp3) is 0.308. The molecule has 0 radical (unpaired) electrons. The summed E-state index contributed by atoms with van der Waals surface area (Å²) >= 11 is 0. The van der Waals surface area contributed by atoms with Gasteiger partial charge in [0.05, 0.1) is 19.1 Å². The summed E-state index contributed by atoms with van der Waals surface area (Å²) in [5.41, 5.74) is 0.314. The van der Waals surface area contributed by atoms with Crippen LogP contribution in [0.25, 0.3) is 6.08 Å². The van der Waals surface area contributed by atoms with E-state index in [1.165, 1.54) is 27.2 Å². The fourth-order valence-electron chi connectivity index (χ4n) is 1.46. The average molecular weight is 281 g/mol. The third-order valence-corrected chi connectivity index (χ3v) is 2.40. The molecule has 0 spiro atoms. The molecule has 0 aliphatic carbocycles. The molecule has 108 valence electrons. The average Bonchev–Trinajstić information content (AvgIpc) is 2.42. The van der Waals surface area contributed by atoms with Gasteiger partial charge in [-0.2, -0.15) is 0 Å². The highest BCUT2D eigenvalue weighted by molar-refractivity contribution is 5.66. The Labute approximate surface area is 115 Å². The van der Waals surface area contributed by atoms with E-state index in [0.29, 0.717) is 17.1 Å². The highest BCUT2D eigenvalue weighted by atomic mass is 16.6. The minimum absolute atomic E-state index is 0.229. The van der Waals surface area contributed by atoms with Crippen molar-refractivity contribution < 1.29 is 23.9 Å². The first kappa shape index (κ1) is 15.5. The molecule has 0 aliphatic rings. The number of carbonyl (C=O) groups is 1. The van der Waals surface area contributed by atoms with Gasteiger partial charge in [0.2, 0.25) is 0 Å². The third kappa shape index (κ3) is 4.27. The van der Waals surface area contributed by atoms with Crippen molar-refractivity contribution in [3.8, 4) is 11.5 Å². The summed E-state index contributed by atoms with van der Waals surface area (Å²) in [6.45, 7) is 0.796. The zero-order valence-corrected chi connectivity index (χ0v) is 11.4. The Morgan fingerprint density at radius 1 is 1.30 bits per heavy atom. The van der Waals surface area contributed by atoms with Gasteiger partial charge in [-0.05, 0) is 17.7 Å². The van der Waals surface area contributed by atoms with E-state index in [1.807, 2.05) is 0 Å². The van der Waals surface area contributed by atoms with Crippen LogP contribution < -0.4 is 9.47 Å². The minimum Gasteiger partial charge on any atom is -0.493 e. The lowest BCUT2D eigenvalue weighted by molar-refractivity contribution is -0.428. The van der Waals surface area contributed by atoms with Gasteiger partial charge in [0, 0.05) is 13.0 Å². The van der Waals surface area contributed by atoms with Gasteiger partial charge < -0.3 is 14.2 Å². The molecule has 0 aromatic heterocycles. The van der Waals surface area contributed by atoms with E-state index >= 15 is 0 Å². The van der Waals surface area contributed by atoms with Crippen LogP contribution in [0.1, 0.15) is 12.5 Å². The highest BCUT2D eigenvalue weighted by Gasteiger charge is 2.13. The maximum atomic E-state index is 10.9. The van der Waals surface area contributed by atoms with Crippen molar-refractivity contribution in [2.75, 3.05) is 20.8 Å². The van der Waals surface area contributed by atoms with E-state index in [4.69, 9.17) is 9.47 Å².